The van der Waals surface area contributed by atoms with Crippen molar-refractivity contribution >= 4 is 17.4 Å². The predicted molar refractivity (Wildman–Crippen MR) is 61.1 cm³/mol. The fourth-order valence-electron chi connectivity index (χ4n) is 2.14. The molecular formula is C12H14ClNO. The van der Waals surface area contributed by atoms with E-state index >= 15 is 0 Å². The number of carbonyl (C=O) groups excluding carboxylic acids is 1. The Morgan fingerprint density at radius 1 is 1.47 bits per heavy atom. The molecule has 0 N–H and O–H groups in total. The van der Waals surface area contributed by atoms with Crippen LogP contribution in [0.25, 0.3) is 0 Å². The molecule has 1 aromatic rings. The van der Waals surface area contributed by atoms with Gasteiger partial charge in [0.2, 0.25) is 0 Å². The number of ketones is 1. The third kappa shape index (κ3) is 2.06. The normalized spacial score (nSPS) is 21.1. The maximum atomic E-state index is 11.4. The van der Waals surface area contributed by atoms with E-state index in [4.69, 9.17) is 11.6 Å². The van der Waals surface area contributed by atoms with E-state index in [0.717, 1.165) is 18.0 Å². The SMILES string of the molecule is CC(=O)C1Cc2ccc(Cl)cc2CN1C. The lowest BCUT2D eigenvalue weighted by Crippen LogP contribution is -2.42. The lowest BCUT2D eigenvalue weighted by Gasteiger charge is -2.32. The molecule has 1 heterocycles. The first kappa shape index (κ1) is 10.7. The van der Waals surface area contributed by atoms with E-state index < -0.39 is 0 Å². The molecule has 0 aromatic heterocycles. The molecule has 0 radical (unpaired) electrons. The zero-order valence-corrected chi connectivity index (χ0v) is 9.71. The van der Waals surface area contributed by atoms with Crippen LogP contribution in [-0.2, 0) is 17.8 Å². The van der Waals surface area contributed by atoms with E-state index in [9.17, 15) is 4.79 Å². The Kier molecular flexibility index (Phi) is 2.81. The molecule has 0 fully saturated rings. The van der Waals surface area contributed by atoms with Gasteiger partial charge in [0.05, 0.1) is 6.04 Å². The summed E-state index contributed by atoms with van der Waals surface area (Å²) in [4.78, 5) is 13.5. The Hall–Kier alpha value is -0.860. The molecule has 1 aliphatic heterocycles. The van der Waals surface area contributed by atoms with Crippen molar-refractivity contribution in [1.82, 2.24) is 4.90 Å². The van der Waals surface area contributed by atoms with Gasteiger partial charge in [-0.05, 0) is 43.7 Å². The van der Waals surface area contributed by atoms with Crippen molar-refractivity contribution in [3.8, 4) is 0 Å². The molecule has 1 aromatic carbocycles. The predicted octanol–water partition coefficient (Wildman–Crippen LogP) is 2.29. The summed E-state index contributed by atoms with van der Waals surface area (Å²) in [7, 11) is 1.98. The number of fused-ring (bicyclic) bond motifs is 1. The van der Waals surface area contributed by atoms with Crippen molar-refractivity contribution in [2.75, 3.05) is 7.05 Å². The van der Waals surface area contributed by atoms with Crippen molar-refractivity contribution in [2.45, 2.75) is 25.9 Å². The molecule has 0 spiro atoms. The van der Waals surface area contributed by atoms with Crippen molar-refractivity contribution in [3.63, 3.8) is 0 Å². The van der Waals surface area contributed by atoms with Crippen LogP contribution < -0.4 is 0 Å². The van der Waals surface area contributed by atoms with E-state index in [2.05, 4.69) is 4.90 Å². The maximum absolute atomic E-state index is 11.4. The van der Waals surface area contributed by atoms with Crippen LogP contribution >= 0.6 is 11.6 Å². The van der Waals surface area contributed by atoms with E-state index in [1.165, 1.54) is 11.1 Å². The molecule has 80 valence electrons. The van der Waals surface area contributed by atoms with Crippen molar-refractivity contribution < 1.29 is 4.79 Å². The smallest absolute Gasteiger partial charge is 0.147 e. The molecule has 2 nitrogen and oxygen atoms in total. The summed E-state index contributed by atoms with van der Waals surface area (Å²) in [5.41, 5.74) is 2.49. The summed E-state index contributed by atoms with van der Waals surface area (Å²) in [6.45, 7) is 2.46. The van der Waals surface area contributed by atoms with Gasteiger partial charge in [-0.3, -0.25) is 9.69 Å². The molecule has 2 rings (SSSR count). The van der Waals surface area contributed by atoms with Crippen LogP contribution in [-0.4, -0.2) is 23.8 Å². The number of nitrogens with zero attached hydrogens (tertiary/aromatic N) is 1. The van der Waals surface area contributed by atoms with Gasteiger partial charge in [-0.1, -0.05) is 17.7 Å². The maximum Gasteiger partial charge on any atom is 0.147 e. The monoisotopic (exact) mass is 223 g/mol. The first-order valence-electron chi connectivity index (χ1n) is 5.06. The van der Waals surface area contributed by atoms with E-state index in [-0.39, 0.29) is 11.8 Å². The molecule has 0 saturated heterocycles. The van der Waals surface area contributed by atoms with Crippen LogP contribution in [0.15, 0.2) is 18.2 Å². The number of hydrogen-bond acceptors (Lipinski definition) is 2. The van der Waals surface area contributed by atoms with Crippen LogP contribution in [0, 0.1) is 0 Å². The minimum absolute atomic E-state index is 0.0266. The van der Waals surface area contributed by atoms with Gasteiger partial charge in [-0.15, -0.1) is 0 Å². The van der Waals surface area contributed by atoms with E-state index in [1.54, 1.807) is 6.92 Å². The van der Waals surface area contributed by atoms with E-state index in [0.29, 0.717) is 0 Å². The topological polar surface area (TPSA) is 20.3 Å². The Balaban J connectivity index is 2.33. The summed E-state index contributed by atoms with van der Waals surface area (Å²) in [5, 5.41) is 0.767. The minimum atomic E-state index is 0.0266. The summed E-state index contributed by atoms with van der Waals surface area (Å²) in [5.74, 6) is 0.234. The zero-order chi connectivity index (χ0) is 11.0. The number of carbonyl (C=O) groups is 1. The minimum Gasteiger partial charge on any atom is -0.298 e. The largest absolute Gasteiger partial charge is 0.298 e. The van der Waals surface area contributed by atoms with Crippen LogP contribution in [0.4, 0.5) is 0 Å². The van der Waals surface area contributed by atoms with Crippen LogP contribution in [0.5, 0.6) is 0 Å². The second-order valence-electron chi connectivity index (χ2n) is 4.16. The molecule has 1 aliphatic rings. The van der Waals surface area contributed by atoms with Gasteiger partial charge in [0.15, 0.2) is 0 Å². The van der Waals surface area contributed by atoms with Crippen molar-refractivity contribution in [1.29, 1.82) is 0 Å². The Morgan fingerprint density at radius 3 is 2.87 bits per heavy atom. The van der Waals surface area contributed by atoms with Gasteiger partial charge in [0.1, 0.15) is 5.78 Å². The molecule has 15 heavy (non-hydrogen) atoms. The lowest BCUT2D eigenvalue weighted by molar-refractivity contribution is -0.122. The summed E-state index contributed by atoms with van der Waals surface area (Å²) in [6, 6.07) is 5.94. The van der Waals surface area contributed by atoms with Crippen molar-refractivity contribution in [3.05, 3.63) is 34.3 Å². The summed E-state index contributed by atoms with van der Waals surface area (Å²) < 4.78 is 0. The fourth-order valence-corrected chi connectivity index (χ4v) is 2.33. The van der Waals surface area contributed by atoms with Gasteiger partial charge in [-0.25, -0.2) is 0 Å². The highest BCUT2D eigenvalue weighted by atomic mass is 35.5. The summed E-state index contributed by atoms with van der Waals surface area (Å²) >= 11 is 5.94. The highest BCUT2D eigenvalue weighted by Crippen LogP contribution is 2.25. The Bertz CT molecular complexity index is 403. The lowest BCUT2D eigenvalue weighted by atomic mass is 9.93. The second kappa shape index (κ2) is 3.95. The van der Waals surface area contributed by atoms with Crippen LogP contribution in [0.2, 0.25) is 5.02 Å². The molecule has 1 unspecified atom stereocenters. The van der Waals surface area contributed by atoms with Gasteiger partial charge in [-0.2, -0.15) is 0 Å². The third-order valence-electron chi connectivity index (χ3n) is 3.00. The number of benzene rings is 1. The van der Waals surface area contributed by atoms with Gasteiger partial charge in [0, 0.05) is 11.6 Å². The first-order chi connectivity index (χ1) is 7.08. The number of Topliss-reactive ketones (excluding diaryl/α,β-unsaturated/α-hetero) is 1. The average Bonchev–Trinajstić information content (AvgIpc) is 2.15. The van der Waals surface area contributed by atoms with Gasteiger partial charge < -0.3 is 0 Å². The number of rotatable bonds is 1. The van der Waals surface area contributed by atoms with Crippen LogP contribution in [0.1, 0.15) is 18.1 Å². The molecule has 3 heteroatoms. The molecule has 0 saturated carbocycles. The molecule has 0 amide bonds. The molecular weight excluding hydrogens is 210 g/mol. The highest BCUT2D eigenvalue weighted by Gasteiger charge is 2.26. The molecule has 0 bridgehead atoms. The number of hydrogen-bond donors (Lipinski definition) is 0. The highest BCUT2D eigenvalue weighted by molar-refractivity contribution is 6.30. The first-order valence-corrected chi connectivity index (χ1v) is 5.43. The fraction of sp³-hybridized carbons (Fsp3) is 0.417. The Morgan fingerprint density at radius 2 is 2.20 bits per heavy atom. The Labute approximate surface area is 94.8 Å². The van der Waals surface area contributed by atoms with Gasteiger partial charge in [0.25, 0.3) is 0 Å². The number of halogens is 1. The average molecular weight is 224 g/mol. The molecule has 0 aliphatic carbocycles. The van der Waals surface area contributed by atoms with Gasteiger partial charge >= 0.3 is 0 Å². The van der Waals surface area contributed by atoms with Crippen LogP contribution in [0.3, 0.4) is 0 Å². The third-order valence-corrected chi connectivity index (χ3v) is 3.24. The molecule has 1 atom stereocenters. The zero-order valence-electron chi connectivity index (χ0n) is 8.96. The summed E-state index contributed by atoms with van der Waals surface area (Å²) in [6.07, 6.45) is 0.804. The second-order valence-corrected chi connectivity index (χ2v) is 4.60. The number of likely N-dealkylation sites (N-methyl/N-ethyl adjacent to an activating group) is 1. The van der Waals surface area contributed by atoms with E-state index in [1.807, 2.05) is 25.2 Å². The standard InChI is InChI=1S/C12H14ClNO/c1-8(15)12-6-9-3-4-11(13)5-10(9)7-14(12)2/h3-5,12H,6-7H2,1-2H3. The van der Waals surface area contributed by atoms with Crippen molar-refractivity contribution in [2.24, 2.45) is 0 Å². The quantitative estimate of drug-likeness (QED) is 0.728.